The van der Waals surface area contributed by atoms with Crippen LogP contribution in [0, 0.1) is 6.92 Å². The number of carbonyl (C=O) groups excluding carboxylic acids is 1. The fourth-order valence-electron chi connectivity index (χ4n) is 2.87. The number of β-amino-alcohol motifs (C(OH)–C–C–N with tert-alkyl or cyclic N) is 1. The van der Waals surface area contributed by atoms with Crippen molar-refractivity contribution in [3.63, 3.8) is 0 Å². The van der Waals surface area contributed by atoms with E-state index in [1.54, 1.807) is 32.6 Å². The Bertz CT molecular complexity index is 708. The SMILES string of the molecule is Cc1ncc(C(=O)N(C)C[C@]2(O)CCN(c3cnccn3)C2)cn1. The highest BCUT2D eigenvalue weighted by atomic mass is 16.3. The van der Waals surface area contributed by atoms with Gasteiger partial charge in [-0.3, -0.25) is 9.78 Å². The predicted octanol–water partition coefficient (Wildman–Crippen LogP) is 0.288. The van der Waals surface area contributed by atoms with Gasteiger partial charge in [0, 0.05) is 44.9 Å². The maximum Gasteiger partial charge on any atom is 0.256 e. The van der Waals surface area contributed by atoms with Crippen LogP contribution in [0.2, 0.25) is 0 Å². The molecule has 2 aromatic heterocycles. The van der Waals surface area contributed by atoms with Gasteiger partial charge in [0.15, 0.2) is 0 Å². The van der Waals surface area contributed by atoms with Crippen molar-refractivity contribution in [3.05, 3.63) is 42.4 Å². The normalized spacial score (nSPS) is 20.2. The molecule has 1 aliphatic rings. The summed E-state index contributed by atoms with van der Waals surface area (Å²) in [4.78, 5) is 32.3. The number of aliphatic hydroxyl groups is 1. The van der Waals surface area contributed by atoms with Gasteiger partial charge in [0.1, 0.15) is 17.2 Å². The molecule has 1 saturated heterocycles. The molecular weight excluding hydrogens is 308 g/mol. The van der Waals surface area contributed by atoms with Gasteiger partial charge in [-0.25, -0.2) is 15.0 Å². The molecule has 1 amide bonds. The molecule has 1 fully saturated rings. The summed E-state index contributed by atoms with van der Waals surface area (Å²) in [5, 5.41) is 10.8. The highest BCUT2D eigenvalue weighted by molar-refractivity contribution is 5.93. The highest BCUT2D eigenvalue weighted by Gasteiger charge is 2.38. The molecule has 0 aromatic carbocycles. The molecule has 0 aliphatic carbocycles. The Labute approximate surface area is 140 Å². The second-order valence-corrected chi connectivity index (χ2v) is 6.14. The quantitative estimate of drug-likeness (QED) is 0.861. The third-order valence-corrected chi connectivity index (χ3v) is 4.11. The highest BCUT2D eigenvalue weighted by Crippen LogP contribution is 2.26. The van der Waals surface area contributed by atoms with Gasteiger partial charge in [-0.1, -0.05) is 0 Å². The smallest absolute Gasteiger partial charge is 0.256 e. The number of aryl methyl sites for hydroxylation is 1. The Hall–Kier alpha value is -2.61. The minimum Gasteiger partial charge on any atom is -0.386 e. The zero-order chi connectivity index (χ0) is 17.2. The first-order valence-electron chi connectivity index (χ1n) is 7.74. The van der Waals surface area contributed by atoms with E-state index in [0.717, 1.165) is 5.82 Å². The van der Waals surface area contributed by atoms with E-state index in [9.17, 15) is 9.90 Å². The maximum atomic E-state index is 12.4. The summed E-state index contributed by atoms with van der Waals surface area (Å²) in [6.07, 6.45) is 8.48. The Morgan fingerprint density at radius 1 is 1.29 bits per heavy atom. The van der Waals surface area contributed by atoms with Crippen LogP contribution in [-0.4, -0.2) is 68.1 Å². The number of rotatable bonds is 4. The van der Waals surface area contributed by atoms with Crippen molar-refractivity contribution in [1.29, 1.82) is 0 Å². The van der Waals surface area contributed by atoms with Crippen molar-refractivity contribution in [3.8, 4) is 0 Å². The third-order valence-electron chi connectivity index (χ3n) is 4.11. The molecule has 1 atom stereocenters. The summed E-state index contributed by atoms with van der Waals surface area (Å²) in [7, 11) is 1.67. The van der Waals surface area contributed by atoms with Crippen LogP contribution in [0.25, 0.3) is 0 Å². The van der Waals surface area contributed by atoms with E-state index < -0.39 is 5.60 Å². The van der Waals surface area contributed by atoms with Crippen LogP contribution in [0.15, 0.2) is 31.0 Å². The van der Waals surface area contributed by atoms with Crippen molar-refractivity contribution in [2.75, 3.05) is 31.6 Å². The fourth-order valence-corrected chi connectivity index (χ4v) is 2.87. The summed E-state index contributed by atoms with van der Waals surface area (Å²) in [5.41, 5.74) is -0.566. The molecule has 3 rings (SSSR count). The summed E-state index contributed by atoms with van der Waals surface area (Å²) in [6.45, 7) is 3.08. The van der Waals surface area contributed by atoms with E-state index in [4.69, 9.17) is 0 Å². The van der Waals surface area contributed by atoms with Gasteiger partial charge in [0.2, 0.25) is 0 Å². The third kappa shape index (κ3) is 3.48. The topological polar surface area (TPSA) is 95.3 Å². The lowest BCUT2D eigenvalue weighted by Gasteiger charge is -2.29. The number of anilines is 1. The lowest BCUT2D eigenvalue weighted by Crippen LogP contribution is -2.46. The van der Waals surface area contributed by atoms with Crippen molar-refractivity contribution in [1.82, 2.24) is 24.8 Å². The van der Waals surface area contributed by atoms with Crippen LogP contribution in [0.4, 0.5) is 5.82 Å². The predicted molar refractivity (Wildman–Crippen MR) is 87.5 cm³/mol. The molecule has 1 aliphatic heterocycles. The van der Waals surface area contributed by atoms with Gasteiger partial charge in [-0.15, -0.1) is 0 Å². The first kappa shape index (κ1) is 16.3. The van der Waals surface area contributed by atoms with Crippen LogP contribution >= 0.6 is 0 Å². The van der Waals surface area contributed by atoms with E-state index in [1.165, 1.54) is 17.3 Å². The summed E-state index contributed by atoms with van der Waals surface area (Å²) in [5.74, 6) is 1.14. The lowest BCUT2D eigenvalue weighted by molar-refractivity contribution is 0.0264. The van der Waals surface area contributed by atoms with Crippen LogP contribution < -0.4 is 4.90 Å². The minimum absolute atomic E-state index is 0.207. The van der Waals surface area contributed by atoms with Gasteiger partial charge in [0.05, 0.1) is 18.3 Å². The number of carbonyl (C=O) groups is 1. The first-order valence-corrected chi connectivity index (χ1v) is 7.74. The lowest BCUT2D eigenvalue weighted by atomic mass is 10.0. The van der Waals surface area contributed by atoms with Crippen molar-refractivity contribution < 1.29 is 9.90 Å². The monoisotopic (exact) mass is 328 g/mol. The zero-order valence-electron chi connectivity index (χ0n) is 13.8. The number of likely N-dealkylation sites (N-methyl/N-ethyl adjacent to an activating group) is 1. The second kappa shape index (κ2) is 6.48. The fraction of sp³-hybridized carbons (Fsp3) is 0.438. The van der Waals surface area contributed by atoms with Crippen LogP contribution in [-0.2, 0) is 0 Å². The number of amides is 1. The maximum absolute atomic E-state index is 12.4. The molecule has 1 N–H and O–H groups in total. The molecule has 126 valence electrons. The molecule has 0 bridgehead atoms. The Kier molecular flexibility index (Phi) is 4.39. The van der Waals surface area contributed by atoms with E-state index in [2.05, 4.69) is 19.9 Å². The molecule has 0 spiro atoms. The largest absolute Gasteiger partial charge is 0.386 e. The number of hydrogen-bond acceptors (Lipinski definition) is 7. The summed E-state index contributed by atoms with van der Waals surface area (Å²) >= 11 is 0. The van der Waals surface area contributed by atoms with Gasteiger partial charge in [-0.2, -0.15) is 0 Å². The molecule has 8 heteroatoms. The first-order chi connectivity index (χ1) is 11.5. The van der Waals surface area contributed by atoms with E-state index >= 15 is 0 Å². The van der Waals surface area contributed by atoms with E-state index in [-0.39, 0.29) is 12.5 Å². The van der Waals surface area contributed by atoms with Gasteiger partial charge >= 0.3 is 0 Å². The van der Waals surface area contributed by atoms with Crippen LogP contribution in [0.1, 0.15) is 22.6 Å². The Balaban J connectivity index is 1.64. The minimum atomic E-state index is -0.979. The average molecular weight is 328 g/mol. The van der Waals surface area contributed by atoms with Crippen LogP contribution in [0.5, 0.6) is 0 Å². The van der Waals surface area contributed by atoms with Gasteiger partial charge in [0.25, 0.3) is 5.91 Å². The van der Waals surface area contributed by atoms with E-state index in [1.807, 2.05) is 4.90 Å². The molecular formula is C16H20N6O2. The van der Waals surface area contributed by atoms with E-state index in [0.29, 0.717) is 30.9 Å². The molecule has 0 radical (unpaired) electrons. The summed E-state index contributed by atoms with van der Waals surface area (Å²) < 4.78 is 0. The molecule has 3 heterocycles. The van der Waals surface area contributed by atoms with Crippen molar-refractivity contribution in [2.24, 2.45) is 0 Å². The Morgan fingerprint density at radius 3 is 2.71 bits per heavy atom. The molecule has 0 unspecified atom stereocenters. The molecule has 8 nitrogen and oxygen atoms in total. The number of hydrogen-bond donors (Lipinski definition) is 1. The summed E-state index contributed by atoms with van der Waals surface area (Å²) in [6, 6.07) is 0. The second-order valence-electron chi connectivity index (χ2n) is 6.14. The average Bonchev–Trinajstić information content (AvgIpc) is 2.97. The Morgan fingerprint density at radius 2 is 2.04 bits per heavy atom. The van der Waals surface area contributed by atoms with Crippen molar-refractivity contribution in [2.45, 2.75) is 18.9 Å². The number of aromatic nitrogens is 4. The zero-order valence-corrected chi connectivity index (χ0v) is 13.8. The van der Waals surface area contributed by atoms with Gasteiger partial charge in [-0.05, 0) is 13.3 Å². The van der Waals surface area contributed by atoms with Crippen molar-refractivity contribution >= 4 is 11.7 Å². The number of nitrogens with zero attached hydrogens (tertiary/aromatic N) is 6. The molecule has 24 heavy (non-hydrogen) atoms. The molecule has 0 saturated carbocycles. The molecule has 2 aromatic rings. The standard InChI is InChI=1S/C16H20N6O2/c1-12-19-7-13(8-20-12)15(23)21(2)10-16(24)3-6-22(11-16)14-9-17-4-5-18-14/h4-5,7-9,24H,3,6,10-11H2,1-2H3/t16-/m1/s1. The van der Waals surface area contributed by atoms with Crippen LogP contribution in [0.3, 0.4) is 0 Å². The van der Waals surface area contributed by atoms with Gasteiger partial charge < -0.3 is 14.9 Å².